The Morgan fingerprint density at radius 2 is 2.58 bits per heavy atom. The minimum Gasteiger partial charge on any atom is -0.429 e. The van der Waals surface area contributed by atoms with Gasteiger partial charge in [-0.2, -0.15) is 0 Å². The zero-order valence-corrected chi connectivity index (χ0v) is 7.52. The minimum atomic E-state index is -0.566. The number of hydrogen-bond donors (Lipinski definition) is 1. The lowest BCUT2D eigenvalue weighted by Gasteiger charge is -2.21. The number of ether oxygens (including phenoxy) is 1. The second-order valence-corrected chi connectivity index (χ2v) is 3.00. The molecule has 1 heterocycles. The highest BCUT2D eigenvalue weighted by molar-refractivity contribution is 6.20. The van der Waals surface area contributed by atoms with Crippen LogP contribution in [-0.2, 0) is 4.74 Å². The smallest absolute Gasteiger partial charge is 0.412 e. The van der Waals surface area contributed by atoms with Crippen LogP contribution in [0.2, 0.25) is 0 Å². The van der Waals surface area contributed by atoms with Crippen LogP contribution in [0.5, 0.6) is 0 Å². The third-order valence-electron chi connectivity index (χ3n) is 1.63. The van der Waals surface area contributed by atoms with Crippen molar-refractivity contribution in [1.82, 2.24) is 5.32 Å². The van der Waals surface area contributed by atoms with E-state index in [2.05, 4.69) is 16.6 Å². The van der Waals surface area contributed by atoms with Crippen molar-refractivity contribution in [3.8, 4) is 0 Å². The van der Waals surface area contributed by atoms with E-state index in [4.69, 9.17) is 11.6 Å². The molecule has 0 saturated carbocycles. The van der Waals surface area contributed by atoms with Crippen LogP contribution in [0.15, 0.2) is 23.9 Å². The van der Waals surface area contributed by atoms with Crippen molar-refractivity contribution in [2.24, 2.45) is 0 Å². The van der Waals surface area contributed by atoms with Crippen LogP contribution in [0.25, 0.3) is 0 Å². The number of halogens is 1. The summed E-state index contributed by atoms with van der Waals surface area (Å²) < 4.78 is 4.66. The largest absolute Gasteiger partial charge is 0.429 e. The molecule has 1 fully saturated rings. The van der Waals surface area contributed by atoms with Gasteiger partial charge in [0, 0.05) is 12.1 Å². The molecule has 1 aliphatic heterocycles. The average molecular weight is 188 g/mol. The summed E-state index contributed by atoms with van der Waals surface area (Å²) in [6.07, 6.45) is 1.67. The molecule has 0 spiro atoms. The Bertz CT molecular complexity index is 247. The molecular weight excluding hydrogens is 178 g/mol. The minimum absolute atomic E-state index is 0.502. The molecule has 0 aromatic carbocycles. The first-order chi connectivity index (χ1) is 5.63. The molecule has 0 aromatic rings. The van der Waals surface area contributed by atoms with Crippen LogP contribution in [-0.4, -0.2) is 11.7 Å². The molecule has 3 nitrogen and oxygen atoms in total. The van der Waals surface area contributed by atoms with Gasteiger partial charge in [-0.15, -0.1) is 0 Å². The summed E-state index contributed by atoms with van der Waals surface area (Å²) in [6.45, 7) is 5.45. The maximum atomic E-state index is 10.8. The molecule has 1 rings (SSSR count). The fourth-order valence-corrected chi connectivity index (χ4v) is 1.14. The summed E-state index contributed by atoms with van der Waals surface area (Å²) in [6, 6.07) is 0. The normalized spacial score (nSPS) is 27.2. The Morgan fingerprint density at radius 3 is 3.08 bits per heavy atom. The number of carbonyl (C=O) groups excluding carboxylic acids is 1. The Balaban J connectivity index is 2.80. The van der Waals surface area contributed by atoms with E-state index < -0.39 is 11.7 Å². The monoisotopic (exact) mass is 187 g/mol. The van der Waals surface area contributed by atoms with Crippen LogP contribution in [0.4, 0.5) is 4.79 Å². The van der Waals surface area contributed by atoms with Gasteiger partial charge in [0.1, 0.15) is 0 Å². The van der Waals surface area contributed by atoms with Gasteiger partial charge in [-0.25, -0.2) is 4.79 Å². The van der Waals surface area contributed by atoms with Gasteiger partial charge in [0.2, 0.25) is 0 Å². The van der Waals surface area contributed by atoms with E-state index in [1.165, 1.54) is 0 Å². The van der Waals surface area contributed by atoms with Crippen molar-refractivity contribution in [2.75, 3.05) is 0 Å². The molecule has 1 N–H and O–H groups in total. The average Bonchev–Trinajstić information content (AvgIpc) is 2.01. The van der Waals surface area contributed by atoms with Crippen LogP contribution in [0.3, 0.4) is 0 Å². The molecular formula is C8H10ClNO2. The van der Waals surface area contributed by atoms with E-state index in [1.54, 1.807) is 6.08 Å². The van der Waals surface area contributed by atoms with Crippen molar-refractivity contribution < 1.29 is 9.53 Å². The van der Waals surface area contributed by atoms with E-state index >= 15 is 0 Å². The summed E-state index contributed by atoms with van der Waals surface area (Å²) in [4.78, 5) is 10.8. The molecule has 0 aromatic heterocycles. The van der Waals surface area contributed by atoms with Crippen molar-refractivity contribution in [3.05, 3.63) is 23.9 Å². The maximum Gasteiger partial charge on any atom is 0.412 e. The fraction of sp³-hybridized carbons (Fsp3) is 0.375. The molecule has 4 heteroatoms. The molecule has 1 unspecified atom stereocenters. The standard InChI is InChI=1S/C8H10ClNO2/c1-3-5(2)6-4-7(9)12-8(11)10-6/h3,7H,1,4H2,2H3,(H,10,11)/b6-5+. The van der Waals surface area contributed by atoms with Crippen molar-refractivity contribution in [1.29, 1.82) is 0 Å². The second-order valence-electron chi connectivity index (χ2n) is 2.51. The van der Waals surface area contributed by atoms with Gasteiger partial charge < -0.3 is 4.74 Å². The predicted octanol–water partition coefficient (Wildman–Crippen LogP) is 2.14. The first kappa shape index (κ1) is 9.13. The number of hydrogen-bond acceptors (Lipinski definition) is 2. The van der Waals surface area contributed by atoms with Gasteiger partial charge in [-0.3, -0.25) is 5.32 Å². The highest BCUT2D eigenvalue weighted by Gasteiger charge is 2.21. The van der Waals surface area contributed by atoms with E-state index in [-0.39, 0.29) is 0 Å². The van der Waals surface area contributed by atoms with Crippen molar-refractivity contribution in [2.45, 2.75) is 18.9 Å². The summed E-state index contributed by atoms with van der Waals surface area (Å²) >= 11 is 5.66. The van der Waals surface area contributed by atoms with E-state index in [0.717, 1.165) is 11.3 Å². The molecule has 1 aliphatic rings. The molecule has 12 heavy (non-hydrogen) atoms. The summed E-state index contributed by atoms with van der Waals surface area (Å²) in [7, 11) is 0. The molecule has 1 atom stereocenters. The number of allylic oxidation sites excluding steroid dienone is 2. The van der Waals surface area contributed by atoms with Crippen LogP contribution in [0, 0.1) is 0 Å². The lowest BCUT2D eigenvalue weighted by molar-refractivity contribution is 0.121. The number of alkyl halides is 1. The molecule has 1 amide bonds. The van der Waals surface area contributed by atoms with Crippen molar-refractivity contribution >= 4 is 17.7 Å². The number of nitrogens with one attached hydrogen (secondary N) is 1. The molecule has 66 valence electrons. The van der Waals surface area contributed by atoms with Gasteiger partial charge in [0.25, 0.3) is 0 Å². The number of alkyl carbamates (subject to hydrolysis) is 1. The van der Waals surface area contributed by atoms with Gasteiger partial charge in [0.15, 0.2) is 5.56 Å². The lowest BCUT2D eigenvalue weighted by atomic mass is 10.2. The van der Waals surface area contributed by atoms with E-state index in [1.807, 2.05) is 6.92 Å². The SMILES string of the molecule is C=C/C(C)=C1\CC(Cl)OC(=O)N1. The summed E-state index contributed by atoms with van der Waals surface area (Å²) in [5.41, 5.74) is 1.13. The van der Waals surface area contributed by atoms with Gasteiger partial charge in [-0.05, 0) is 12.5 Å². The number of carbonyl (C=O) groups is 1. The third kappa shape index (κ3) is 2.01. The quantitative estimate of drug-likeness (QED) is 0.639. The van der Waals surface area contributed by atoms with E-state index in [9.17, 15) is 4.79 Å². The zero-order chi connectivity index (χ0) is 9.14. The van der Waals surface area contributed by atoms with Crippen LogP contribution in [0.1, 0.15) is 13.3 Å². The number of cyclic esters (lactones) is 1. The number of amides is 1. The van der Waals surface area contributed by atoms with Gasteiger partial charge in [-0.1, -0.05) is 24.3 Å². The molecule has 0 radical (unpaired) electrons. The van der Waals surface area contributed by atoms with E-state index in [0.29, 0.717) is 6.42 Å². The number of rotatable bonds is 1. The Kier molecular flexibility index (Phi) is 2.76. The van der Waals surface area contributed by atoms with Gasteiger partial charge >= 0.3 is 6.09 Å². The highest BCUT2D eigenvalue weighted by Crippen LogP contribution is 2.18. The first-order valence-electron chi connectivity index (χ1n) is 3.57. The lowest BCUT2D eigenvalue weighted by Crippen LogP contribution is -2.34. The second kappa shape index (κ2) is 3.63. The highest BCUT2D eigenvalue weighted by atomic mass is 35.5. The van der Waals surface area contributed by atoms with Gasteiger partial charge in [0.05, 0.1) is 0 Å². The summed E-state index contributed by atoms with van der Waals surface area (Å²) in [5.74, 6) is 0. The Morgan fingerprint density at radius 1 is 1.92 bits per heavy atom. The molecule has 0 aliphatic carbocycles. The fourth-order valence-electron chi connectivity index (χ4n) is 0.905. The third-order valence-corrected chi connectivity index (χ3v) is 1.88. The van der Waals surface area contributed by atoms with Crippen molar-refractivity contribution in [3.63, 3.8) is 0 Å². The van der Waals surface area contributed by atoms with Crippen LogP contribution >= 0.6 is 11.6 Å². The van der Waals surface area contributed by atoms with Crippen LogP contribution < -0.4 is 5.32 Å². The predicted molar refractivity (Wildman–Crippen MR) is 46.8 cm³/mol. The Labute approximate surface area is 76.0 Å². The topological polar surface area (TPSA) is 38.3 Å². The zero-order valence-electron chi connectivity index (χ0n) is 6.76. The first-order valence-corrected chi connectivity index (χ1v) is 4.01. The molecule has 0 bridgehead atoms. The molecule has 1 saturated heterocycles. The Hall–Kier alpha value is -0.960. The maximum absolute atomic E-state index is 10.8. The summed E-state index contributed by atoms with van der Waals surface area (Å²) in [5, 5.41) is 2.56.